The molecule has 5 rings (SSSR count). The molecule has 4 aliphatic carbocycles. The number of benzene rings is 1. The van der Waals surface area contributed by atoms with Gasteiger partial charge in [-0.1, -0.05) is 169 Å². The monoisotopic (exact) mass is 1470 g/mol. The fourth-order valence-corrected chi connectivity index (χ4v) is 107. The molecule has 8 unspecified atom stereocenters. The largest absolute Gasteiger partial charge is 2.00 e. The first-order chi connectivity index (χ1) is 39.1. The topological polar surface area (TPSA) is 116 Å². The molecule has 0 radical (unpaired) electrons. The van der Waals surface area contributed by atoms with E-state index in [4.69, 9.17) is 36.8 Å². The molecule has 9 nitrogen and oxygen atoms in total. The van der Waals surface area contributed by atoms with Crippen LogP contribution >= 0.6 is 89.5 Å². The maximum Gasteiger partial charge on any atom is 2.00 e. The molecule has 22 heteroatoms. The number of unbranched alkanes of at least 4 members (excludes halogenated alkanes) is 10. The average Bonchev–Trinajstić information content (AvgIpc) is 2.40. The van der Waals surface area contributed by atoms with Gasteiger partial charge in [-0.15, -0.1) is 53.6 Å². The van der Waals surface area contributed by atoms with Gasteiger partial charge in [0.15, 0.2) is 0 Å². The van der Waals surface area contributed by atoms with Gasteiger partial charge in [0.2, 0.25) is 0 Å². The van der Waals surface area contributed by atoms with E-state index in [0.717, 1.165) is 101 Å². The van der Waals surface area contributed by atoms with Gasteiger partial charge in [-0.05, 0) is 156 Å². The second-order valence-corrected chi connectivity index (χ2v) is 60.7. The van der Waals surface area contributed by atoms with Crippen LogP contribution in [0, 0.1) is 139 Å². The van der Waals surface area contributed by atoms with Gasteiger partial charge in [0, 0.05) is 18.8 Å². The minimum Gasteiger partial charge on any atom is -0.371 e. The summed E-state index contributed by atoms with van der Waals surface area (Å²) in [5.41, 5.74) is 6.31. The molecule has 4 saturated carbocycles. The van der Waals surface area contributed by atoms with Crippen LogP contribution < -0.4 is 4.90 Å². The minimum absolute atomic E-state index is 0. The molecule has 87 heavy (non-hydrogen) atoms. The Labute approximate surface area is 575 Å². The Hall–Kier alpha value is -0.331. The predicted molar refractivity (Wildman–Crippen MR) is 405 cm³/mol. The maximum atomic E-state index is 10.0. The summed E-state index contributed by atoms with van der Waals surface area (Å²) in [5.74, 6) is 2.47. The van der Waals surface area contributed by atoms with Crippen LogP contribution in [0.5, 0.6) is 0 Å². The van der Waals surface area contributed by atoms with Crippen LogP contribution in [0.25, 0.3) is 25.0 Å². The van der Waals surface area contributed by atoms with Crippen molar-refractivity contribution in [3.63, 3.8) is 0 Å². The third-order valence-corrected chi connectivity index (χ3v) is 75.1. The molecular weight excluding hydrogens is 1360 g/mol. The molecule has 0 saturated heterocycles. The Kier molecular flexibility index (Phi) is 62.6. The zero-order valence-electron chi connectivity index (χ0n) is 54.2. The van der Waals surface area contributed by atoms with Crippen molar-refractivity contribution in [2.45, 2.75) is 214 Å². The van der Waals surface area contributed by atoms with Crippen molar-refractivity contribution in [1.82, 2.24) is 0 Å². The quantitative estimate of drug-likeness (QED) is 0.0241. The van der Waals surface area contributed by atoms with Gasteiger partial charge >= 0.3 is 34.1 Å². The first-order valence-corrected chi connectivity index (χ1v) is 48.7. The van der Waals surface area contributed by atoms with Crippen molar-refractivity contribution in [3.05, 3.63) is 144 Å². The number of hydrogen-bond acceptors (Lipinski definition) is 5. The van der Waals surface area contributed by atoms with Crippen molar-refractivity contribution in [1.29, 1.82) is 21.0 Å². The number of aryl methyl sites for hydroxylation is 2. The predicted octanol–water partition coefficient (Wildman–Crippen LogP) is 25.6. The van der Waals surface area contributed by atoms with Gasteiger partial charge in [-0.25, -0.2) is 40.4 Å². The average molecular weight is 1470 g/mol. The zero-order chi connectivity index (χ0) is 60.1. The van der Waals surface area contributed by atoms with Crippen LogP contribution in [0.3, 0.4) is 0 Å². The Morgan fingerprint density at radius 1 is 0.529 bits per heavy atom. The van der Waals surface area contributed by atoms with Gasteiger partial charge < -0.3 is 34.6 Å². The standard InChI is InChI=1S/C37H51N5.C14H12N4.C10H18.4CH3.2Fe.H13P11/c1-7-9-11-13-15-19-23-42(24-20-16-14-12-10-8-2)35-26-29(3)32(25-30(35)4)37(34(28-39)41-6)36(33(27-38)40-5)31-21-17-18-22-31;1-10(12(8-15)17-2)14(13(9-16)18-3)11-6-4-5-7-11;1-2-6-9(5-1)10-7-3-4-8-10;;;;;;;1-7-10(6)11(8(2)3)9(4)5/h25-26,31H,7-24H2,1-4H3;11H,4-7H2,1H3;9-10H,1-8H2;4*1H3;;;7H,1-6H2/q;;;4*-1;2*+2;/b36-33+,37-34-;12-10+,14-13+;;;;;;;;. The van der Waals surface area contributed by atoms with Crippen LogP contribution in [0.1, 0.15) is 217 Å². The molecule has 4 aliphatic rings. The van der Waals surface area contributed by atoms with E-state index in [9.17, 15) is 10.5 Å². The summed E-state index contributed by atoms with van der Waals surface area (Å²) >= 11 is 0. The summed E-state index contributed by atoms with van der Waals surface area (Å²) in [7, 11) is 18.9. The summed E-state index contributed by atoms with van der Waals surface area (Å²) in [5, 5.41) is 37.9. The van der Waals surface area contributed by atoms with Crippen molar-refractivity contribution in [2.24, 2.45) is 23.7 Å². The molecule has 0 aliphatic heterocycles. The van der Waals surface area contributed by atoms with Gasteiger partial charge in [-0.3, -0.25) is 0 Å². The van der Waals surface area contributed by atoms with Crippen LogP contribution in [0.15, 0.2) is 51.6 Å². The van der Waals surface area contributed by atoms with E-state index < -0.39 is 0 Å². The maximum absolute atomic E-state index is 10.0. The first kappa shape index (κ1) is 95.4. The Morgan fingerprint density at radius 3 is 1.21 bits per heavy atom. The van der Waals surface area contributed by atoms with E-state index in [1.54, 1.807) is 32.6 Å². The number of nitriles is 4. The molecule has 0 amide bonds. The number of hydrogen-bond donors (Lipinski definition) is 0. The summed E-state index contributed by atoms with van der Waals surface area (Å²) in [4.78, 5) is 16.2. The summed E-state index contributed by atoms with van der Waals surface area (Å²) in [6, 6.07) is 12.3. The van der Waals surface area contributed by atoms with E-state index in [2.05, 4.69) is 123 Å². The molecule has 0 heterocycles. The van der Waals surface area contributed by atoms with E-state index in [-0.39, 0.29) is 126 Å². The van der Waals surface area contributed by atoms with Crippen molar-refractivity contribution < 1.29 is 34.1 Å². The summed E-state index contributed by atoms with van der Waals surface area (Å²) < 4.78 is 0. The van der Waals surface area contributed by atoms with Crippen molar-refractivity contribution in [2.75, 3.05) is 18.0 Å². The van der Waals surface area contributed by atoms with Crippen LogP contribution in [-0.4, -0.2) is 13.1 Å². The van der Waals surface area contributed by atoms with Gasteiger partial charge in [0.1, 0.15) is 0 Å². The Morgan fingerprint density at radius 2 is 0.874 bits per heavy atom. The smallest absolute Gasteiger partial charge is 0.371 e. The summed E-state index contributed by atoms with van der Waals surface area (Å²) in [6.07, 6.45) is 35.3. The van der Waals surface area contributed by atoms with Gasteiger partial charge in [0.05, 0.1) is 50.6 Å². The second kappa shape index (κ2) is 57.1. The SMILES string of the molecule is C1CCC(C2CCCC2)C1.PPP(P)P(P(P)P)P(P)P.[C-]#[N+]/C(C#N)=C(\C(=C(/C#N)[N+]#[C-])C1CCCC1)c1cc(C)c(N(CCCCCCCC)CCCCCCCC)cc1C.[C-]#[N+]/C(C#N)=C(\C(C)=C(/C#N)[N+]#[C-])C1CCCC1.[CH3-].[CH3-].[CH3-].[CH3-].[Fe+2].[Fe+2]. The molecule has 8 atom stereocenters. The molecule has 0 N–H and O–H groups in total. The van der Waals surface area contributed by atoms with Crippen LogP contribution in [-0.2, 0) is 34.1 Å². The second-order valence-electron chi connectivity index (χ2n) is 21.6. The third-order valence-electron chi connectivity index (χ3n) is 16.1. The fraction of sp³-hybridized carbons (Fsp3) is 0.600. The van der Waals surface area contributed by atoms with Crippen molar-refractivity contribution in [3.8, 4) is 24.3 Å². The number of anilines is 1. The Bertz CT molecular complexity index is 2500. The van der Waals surface area contributed by atoms with Gasteiger partial charge in [-0.2, -0.15) is 0 Å². The minimum atomic E-state index is -0.0282. The number of allylic oxidation sites excluding steroid dienone is 8. The molecule has 0 aromatic heterocycles. The Balaban J connectivity index is -0.000000408. The number of rotatable bonds is 25. The van der Waals surface area contributed by atoms with E-state index in [1.165, 1.54) is 108 Å². The van der Waals surface area contributed by atoms with Gasteiger partial charge in [0.25, 0.3) is 22.8 Å². The van der Waals surface area contributed by atoms with E-state index in [0.29, 0.717) is 22.3 Å². The fourth-order valence-electron chi connectivity index (χ4n) is 12.0. The van der Waals surface area contributed by atoms with E-state index >= 15 is 0 Å². The van der Waals surface area contributed by atoms with Crippen LogP contribution in [0.4, 0.5) is 5.69 Å². The molecule has 4 fully saturated rings. The molecule has 1 aromatic carbocycles. The van der Waals surface area contributed by atoms with Crippen LogP contribution in [0.2, 0.25) is 0 Å². The molecular formula is C65H106Fe2N9P11. The molecule has 1 aromatic rings. The summed E-state index contributed by atoms with van der Waals surface area (Å²) in [6.45, 7) is 42.7. The molecule has 482 valence electrons. The zero-order valence-corrected chi connectivity index (χ0v) is 67.9. The first-order valence-electron chi connectivity index (χ1n) is 29.4. The number of nitrogens with zero attached hydrogens (tertiary/aromatic N) is 9. The third kappa shape index (κ3) is 33.6. The van der Waals surface area contributed by atoms with E-state index in [1.807, 2.05) is 19.1 Å². The molecule has 0 bridgehead atoms. The normalized spacial score (nSPS) is 16.0. The van der Waals surface area contributed by atoms with Crippen molar-refractivity contribution >= 4 is 101 Å². The molecule has 0 spiro atoms.